The van der Waals surface area contributed by atoms with E-state index in [1.807, 2.05) is 30.5 Å². The van der Waals surface area contributed by atoms with Crippen LogP contribution in [-0.2, 0) is 0 Å². The summed E-state index contributed by atoms with van der Waals surface area (Å²) in [6.45, 7) is 0. The Balaban J connectivity index is 2.06. The molecule has 0 radical (unpaired) electrons. The number of fused-ring (bicyclic) bond motifs is 1. The Morgan fingerprint density at radius 2 is 2.11 bits per heavy atom. The highest BCUT2D eigenvalue weighted by Crippen LogP contribution is 2.29. The molecule has 2 aromatic carbocycles. The lowest BCUT2D eigenvalue weighted by atomic mass is 9.89. The normalized spacial score (nSPS) is 11.7. The second kappa shape index (κ2) is 4.88. The number of H-pyrrole nitrogens is 1. The molecule has 0 fully saturated rings. The minimum Gasteiger partial charge on any atom is -0.361 e. The fourth-order valence-electron chi connectivity index (χ4n) is 2.38. The van der Waals surface area contributed by atoms with Crippen LogP contribution in [0, 0.1) is 23.5 Å². The Kier molecular flexibility index (Phi) is 2.93. The van der Waals surface area contributed by atoms with E-state index < -0.39 is 0 Å². The van der Waals surface area contributed by atoms with Crippen LogP contribution in [-0.4, -0.2) is 4.98 Å². The molecule has 0 saturated heterocycles. The minimum absolute atomic E-state index is 0.0927. The molecule has 0 aliphatic heterocycles. The summed E-state index contributed by atoms with van der Waals surface area (Å²) in [7, 11) is 0. The first-order valence-corrected chi connectivity index (χ1v) is 6.20. The van der Waals surface area contributed by atoms with E-state index in [0.29, 0.717) is 6.42 Å². The number of aromatic amines is 1. The fraction of sp³-hybridized carbons (Fsp3) is 0.118. The Morgan fingerprint density at radius 1 is 1.16 bits per heavy atom. The van der Waals surface area contributed by atoms with Crippen molar-refractivity contribution in [1.82, 2.24) is 4.98 Å². The van der Waals surface area contributed by atoms with Crippen LogP contribution < -0.4 is 0 Å². The number of benzene rings is 1. The Labute approximate surface area is 112 Å². The van der Waals surface area contributed by atoms with Gasteiger partial charge in [0.1, 0.15) is 0 Å². The first-order valence-electron chi connectivity index (χ1n) is 6.20. The van der Waals surface area contributed by atoms with Gasteiger partial charge >= 0.3 is 0 Å². The molecule has 1 atom stereocenters. The van der Waals surface area contributed by atoms with E-state index in [-0.39, 0.29) is 5.92 Å². The van der Waals surface area contributed by atoms with Crippen LogP contribution in [0.4, 0.5) is 0 Å². The lowest BCUT2D eigenvalue weighted by Crippen LogP contribution is -1.99. The van der Waals surface area contributed by atoms with Crippen LogP contribution in [0.5, 0.6) is 0 Å². The first kappa shape index (κ1) is 11.4. The maximum atomic E-state index is 9.06. The van der Waals surface area contributed by atoms with E-state index in [1.54, 1.807) is 0 Å². The molecule has 1 unspecified atom stereocenters. The summed E-state index contributed by atoms with van der Waals surface area (Å²) < 4.78 is 0. The quantitative estimate of drug-likeness (QED) is 0.747. The van der Waals surface area contributed by atoms with Crippen molar-refractivity contribution in [3.8, 4) is 6.07 Å². The van der Waals surface area contributed by atoms with Gasteiger partial charge in [0.05, 0.1) is 6.07 Å². The standard InChI is InChI=1S/C17H12N2/c18-10-8-16(13-4-2-1-3-5-13)14-6-7-17-15(12-14)9-11-19-17/h2,4-7,9,11-12,16,19H,8H2. The van der Waals surface area contributed by atoms with E-state index in [9.17, 15) is 0 Å². The number of hydrogen-bond donors (Lipinski definition) is 1. The molecule has 0 aliphatic carbocycles. The van der Waals surface area contributed by atoms with E-state index >= 15 is 0 Å². The third-order valence-corrected chi connectivity index (χ3v) is 3.36. The lowest BCUT2D eigenvalue weighted by Gasteiger charge is -2.14. The van der Waals surface area contributed by atoms with Gasteiger partial charge in [-0.3, -0.25) is 0 Å². The van der Waals surface area contributed by atoms with Crippen LogP contribution in [0.25, 0.3) is 10.9 Å². The van der Waals surface area contributed by atoms with Crippen LogP contribution in [0.3, 0.4) is 0 Å². The molecular formula is C17H12N2. The molecule has 0 bridgehead atoms. The van der Waals surface area contributed by atoms with Crippen molar-refractivity contribution in [2.75, 3.05) is 0 Å². The molecule has 2 heteroatoms. The van der Waals surface area contributed by atoms with E-state index in [0.717, 1.165) is 16.6 Å². The highest BCUT2D eigenvalue weighted by atomic mass is 14.7. The fourth-order valence-corrected chi connectivity index (χ4v) is 2.38. The van der Waals surface area contributed by atoms with Crippen LogP contribution in [0.15, 0.2) is 48.7 Å². The van der Waals surface area contributed by atoms with Gasteiger partial charge in [-0.2, -0.15) is 5.26 Å². The minimum atomic E-state index is 0.0927. The van der Waals surface area contributed by atoms with Gasteiger partial charge in [0, 0.05) is 24.1 Å². The summed E-state index contributed by atoms with van der Waals surface area (Å²) in [6, 6.07) is 22.2. The third-order valence-electron chi connectivity index (χ3n) is 3.36. The van der Waals surface area contributed by atoms with Gasteiger partial charge in [-0.05, 0) is 52.9 Å². The number of nitriles is 1. The van der Waals surface area contributed by atoms with Crippen LogP contribution in [0.2, 0.25) is 0 Å². The second-order valence-corrected chi connectivity index (χ2v) is 4.51. The summed E-state index contributed by atoms with van der Waals surface area (Å²) >= 11 is 0. The van der Waals surface area contributed by atoms with Crippen molar-refractivity contribution in [2.24, 2.45) is 0 Å². The van der Waals surface area contributed by atoms with Gasteiger partial charge in [-0.1, -0.05) is 18.2 Å². The Hall–Kier alpha value is -2.71. The molecule has 2 nitrogen and oxygen atoms in total. The summed E-state index contributed by atoms with van der Waals surface area (Å²) in [5.41, 5.74) is 3.39. The van der Waals surface area contributed by atoms with Gasteiger partial charge < -0.3 is 4.98 Å². The molecule has 0 saturated carbocycles. The molecule has 1 heterocycles. The predicted octanol–water partition coefficient (Wildman–Crippen LogP) is 3.81. The second-order valence-electron chi connectivity index (χ2n) is 4.51. The average molecular weight is 244 g/mol. The van der Waals surface area contributed by atoms with Gasteiger partial charge in [-0.15, -0.1) is 0 Å². The van der Waals surface area contributed by atoms with Crippen molar-refractivity contribution in [2.45, 2.75) is 12.3 Å². The topological polar surface area (TPSA) is 39.6 Å². The van der Waals surface area contributed by atoms with Crippen LogP contribution in [0.1, 0.15) is 23.5 Å². The molecule has 1 aromatic heterocycles. The summed E-state index contributed by atoms with van der Waals surface area (Å²) in [4.78, 5) is 3.18. The molecule has 1 N–H and O–H groups in total. The first-order chi connectivity index (χ1) is 9.38. The maximum absolute atomic E-state index is 9.06. The third kappa shape index (κ3) is 2.17. The van der Waals surface area contributed by atoms with Gasteiger partial charge in [0.25, 0.3) is 0 Å². The monoisotopic (exact) mass is 244 g/mol. The number of aromatic nitrogens is 1. The largest absolute Gasteiger partial charge is 0.361 e. The number of hydrogen-bond acceptors (Lipinski definition) is 1. The van der Waals surface area contributed by atoms with Crippen molar-refractivity contribution in [1.29, 1.82) is 5.26 Å². The highest BCUT2D eigenvalue weighted by Gasteiger charge is 2.14. The van der Waals surface area contributed by atoms with E-state index in [4.69, 9.17) is 5.26 Å². The Bertz CT molecular complexity index is 720. The number of nitrogens with zero attached hydrogens (tertiary/aromatic N) is 1. The maximum Gasteiger partial charge on any atom is 0.0631 e. The molecule has 0 spiro atoms. The predicted molar refractivity (Wildman–Crippen MR) is 74.5 cm³/mol. The van der Waals surface area contributed by atoms with Crippen molar-refractivity contribution in [3.63, 3.8) is 0 Å². The van der Waals surface area contributed by atoms with Gasteiger partial charge in [0.2, 0.25) is 0 Å². The molecule has 3 aromatic rings. The molecule has 0 amide bonds. The molecule has 19 heavy (non-hydrogen) atoms. The number of rotatable bonds is 3. The van der Waals surface area contributed by atoms with E-state index in [1.165, 1.54) is 5.39 Å². The summed E-state index contributed by atoms with van der Waals surface area (Å²) in [6.07, 6.45) is 2.40. The molecule has 3 rings (SSSR count). The van der Waals surface area contributed by atoms with Crippen LogP contribution >= 0.6 is 0 Å². The van der Waals surface area contributed by atoms with Crippen molar-refractivity contribution < 1.29 is 0 Å². The zero-order valence-corrected chi connectivity index (χ0v) is 10.4. The Morgan fingerprint density at radius 3 is 2.89 bits per heavy atom. The van der Waals surface area contributed by atoms with Gasteiger partial charge in [0.15, 0.2) is 0 Å². The smallest absolute Gasteiger partial charge is 0.0631 e. The molecule has 90 valence electrons. The molecular weight excluding hydrogens is 232 g/mol. The van der Waals surface area contributed by atoms with Crippen molar-refractivity contribution >= 4 is 10.9 Å². The lowest BCUT2D eigenvalue weighted by molar-refractivity contribution is 0.840. The SMILES string of the molecule is N#CCC(c1cc#ccc1)c1ccc2[nH]ccc2c1. The number of nitrogens with one attached hydrogen (secondary N) is 1. The van der Waals surface area contributed by atoms with Gasteiger partial charge in [-0.25, -0.2) is 0 Å². The van der Waals surface area contributed by atoms with Crippen molar-refractivity contribution in [3.05, 3.63) is 71.9 Å². The summed E-state index contributed by atoms with van der Waals surface area (Å²) in [5.74, 6) is 0.0927. The average Bonchev–Trinajstić information content (AvgIpc) is 2.93. The highest BCUT2D eigenvalue weighted by molar-refractivity contribution is 5.80. The zero-order chi connectivity index (χ0) is 13.1. The summed E-state index contributed by atoms with van der Waals surface area (Å²) in [5, 5.41) is 10.2. The molecule has 0 aliphatic rings. The zero-order valence-electron chi connectivity index (χ0n) is 10.4. The van der Waals surface area contributed by atoms with E-state index in [2.05, 4.69) is 41.4 Å².